The molecule has 0 aromatic heterocycles. The second-order valence-electron chi connectivity index (χ2n) is 10.5. The number of thioether (sulfide) groups is 1. The van der Waals surface area contributed by atoms with Gasteiger partial charge in [-0.15, -0.1) is 0 Å². The van der Waals surface area contributed by atoms with Gasteiger partial charge in [-0.25, -0.2) is 0 Å². The molecule has 0 heterocycles. The van der Waals surface area contributed by atoms with Crippen molar-refractivity contribution in [3.05, 3.63) is 0 Å². The predicted molar refractivity (Wildman–Crippen MR) is 144 cm³/mol. The molecule has 0 bridgehead atoms. The molecule has 2 atom stereocenters. The minimum absolute atomic E-state index is 0.162. The minimum Gasteiger partial charge on any atom is -0.756 e. The highest BCUT2D eigenvalue weighted by Gasteiger charge is 2.16. The molecule has 5 nitrogen and oxygen atoms in total. The maximum Gasteiger partial charge on any atom is 0.268 e. The number of unbranched alkanes of at least 4 members (excludes halogenated alkanes) is 13. The van der Waals surface area contributed by atoms with Gasteiger partial charge in [-0.05, 0) is 23.8 Å². The van der Waals surface area contributed by atoms with Gasteiger partial charge in [0.05, 0.1) is 27.7 Å². The lowest BCUT2D eigenvalue weighted by molar-refractivity contribution is -0.870. The Kier molecular flexibility index (Phi) is 22.0. The van der Waals surface area contributed by atoms with E-state index in [9.17, 15) is 9.46 Å². The summed E-state index contributed by atoms with van der Waals surface area (Å²) >= 11 is 1.93. The SMILES string of the molecule is CCCCCCCCCCCCCCCCSCC(CC)COP(=O)([O-])OCC[N+](C)(C)C. The number of nitrogens with zero attached hydrogens (tertiary/aromatic N) is 1. The molecule has 0 spiro atoms. The van der Waals surface area contributed by atoms with Gasteiger partial charge >= 0.3 is 0 Å². The van der Waals surface area contributed by atoms with E-state index in [0.29, 0.717) is 11.0 Å². The van der Waals surface area contributed by atoms with Gasteiger partial charge in [0.1, 0.15) is 13.2 Å². The Hall–Kier alpha value is 0.420. The number of rotatable bonds is 25. The first-order chi connectivity index (χ1) is 15.7. The first-order valence-electron chi connectivity index (χ1n) is 13.7. The van der Waals surface area contributed by atoms with Gasteiger partial charge in [0.25, 0.3) is 7.82 Å². The molecule has 0 amide bonds. The van der Waals surface area contributed by atoms with Crippen molar-refractivity contribution in [1.82, 2.24) is 0 Å². The summed E-state index contributed by atoms with van der Waals surface area (Å²) in [6.07, 6.45) is 20.3. The normalized spacial score (nSPS) is 15.0. The average molecular weight is 510 g/mol. The summed E-state index contributed by atoms with van der Waals surface area (Å²) in [6, 6.07) is 0. The Morgan fingerprint density at radius 1 is 0.788 bits per heavy atom. The lowest BCUT2D eigenvalue weighted by Gasteiger charge is -2.28. The van der Waals surface area contributed by atoms with Crippen LogP contribution in [0.2, 0.25) is 0 Å². The zero-order valence-corrected chi connectivity index (χ0v) is 24.4. The van der Waals surface area contributed by atoms with Crippen molar-refractivity contribution >= 4 is 19.6 Å². The first kappa shape index (κ1) is 33.4. The summed E-state index contributed by atoms with van der Waals surface area (Å²) in [5.41, 5.74) is 0. The fourth-order valence-corrected chi connectivity index (χ4v) is 5.61. The lowest BCUT2D eigenvalue weighted by Crippen LogP contribution is -2.37. The Bertz CT molecular complexity index is 474. The van der Waals surface area contributed by atoms with E-state index < -0.39 is 7.82 Å². The van der Waals surface area contributed by atoms with E-state index in [1.165, 1.54) is 89.9 Å². The molecule has 0 saturated heterocycles. The first-order valence-corrected chi connectivity index (χ1v) is 16.3. The number of phosphoric acid groups is 1. The maximum atomic E-state index is 11.9. The summed E-state index contributed by atoms with van der Waals surface area (Å²) < 4.78 is 22.7. The van der Waals surface area contributed by atoms with Crippen LogP contribution in [-0.2, 0) is 13.6 Å². The van der Waals surface area contributed by atoms with E-state index in [4.69, 9.17) is 9.05 Å². The quantitative estimate of drug-likeness (QED) is 0.0727. The van der Waals surface area contributed by atoms with Crippen LogP contribution in [0.15, 0.2) is 0 Å². The van der Waals surface area contributed by atoms with Crippen LogP contribution in [0, 0.1) is 5.92 Å². The van der Waals surface area contributed by atoms with Crippen molar-refractivity contribution in [1.29, 1.82) is 0 Å². The molecule has 0 aromatic rings. The predicted octanol–water partition coefficient (Wildman–Crippen LogP) is 7.43. The van der Waals surface area contributed by atoms with E-state index >= 15 is 0 Å². The van der Waals surface area contributed by atoms with Crippen molar-refractivity contribution in [3.8, 4) is 0 Å². The molecule has 0 N–H and O–H groups in total. The largest absolute Gasteiger partial charge is 0.756 e. The van der Waals surface area contributed by atoms with Gasteiger partial charge in [0.2, 0.25) is 0 Å². The topological polar surface area (TPSA) is 58.6 Å². The van der Waals surface area contributed by atoms with Crippen molar-refractivity contribution in [3.63, 3.8) is 0 Å². The number of quaternary nitrogens is 1. The monoisotopic (exact) mass is 509 g/mol. The number of hydrogen-bond donors (Lipinski definition) is 0. The standard InChI is InChI=1S/C26H56NO4PS/c1-6-8-9-10-11-12-13-14-15-16-17-18-19-20-23-33-25-26(7-2)24-31-32(28,29)30-22-21-27(3,4)5/h26H,6-25H2,1-5H3. The van der Waals surface area contributed by atoms with E-state index in [-0.39, 0.29) is 19.1 Å². The van der Waals surface area contributed by atoms with Crippen LogP contribution in [0.3, 0.4) is 0 Å². The van der Waals surface area contributed by atoms with Gasteiger partial charge in [-0.1, -0.05) is 104 Å². The summed E-state index contributed by atoms with van der Waals surface area (Å²) in [6.45, 7) is 5.39. The molecular formula is C26H56NO4PS. The molecule has 33 heavy (non-hydrogen) atoms. The Morgan fingerprint density at radius 2 is 1.27 bits per heavy atom. The highest BCUT2D eigenvalue weighted by atomic mass is 32.2. The highest BCUT2D eigenvalue weighted by molar-refractivity contribution is 7.99. The van der Waals surface area contributed by atoms with Crippen LogP contribution in [0.5, 0.6) is 0 Å². The smallest absolute Gasteiger partial charge is 0.268 e. The zero-order chi connectivity index (χ0) is 24.8. The third-order valence-corrected chi connectivity index (χ3v) is 8.30. The number of likely N-dealkylation sites (N-methyl/N-ethyl adjacent to an activating group) is 1. The Morgan fingerprint density at radius 3 is 1.73 bits per heavy atom. The van der Waals surface area contributed by atoms with Crippen molar-refractivity contribution < 1.29 is 23.0 Å². The zero-order valence-electron chi connectivity index (χ0n) is 22.7. The molecule has 0 aromatic carbocycles. The van der Waals surface area contributed by atoms with Gasteiger partial charge in [-0.2, -0.15) is 11.8 Å². The summed E-state index contributed by atoms with van der Waals surface area (Å²) in [5.74, 6) is 2.36. The molecule has 2 unspecified atom stereocenters. The molecule has 0 aliphatic carbocycles. The molecule has 0 aliphatic rings. The van der Waals surface area contributed by atoms with Crippen molar-refractivity contribution in [2.75, 3.05) is 52.4 Å². The fraction of sp³-hybridized carbons (Fsp3) is 1.00. The molecule has 0 radical (unpaired) electrons. The van der Waals surface area contributed by atoms with Gasteiger partial charge in [-0.3, -0.25) is 4.57 Å². The summed E-state index contributed by atoms with van der Waals surface area (Å²) in [5, 5.41) is 0. The van der Waals surface area contributed by atoms with Crippen LogP contribution < -0.4 is 4.89 Å². The highest BCUT2D eigenvalue weighted by Crippen LogP contribution is 2.39. The Labute approximate surface area is 211 Å². The molecular weight excluding hydrogens is 453 g/mol. The van der Waals surface area contributed by atoms with Gasteiger partial charge < -0.3 is 18.4 Å². The van der Waals surface area contributed by atoms with Crippen LogP contribution in [-0.4, -0.2) is 56.9 Å². The lowest BCUT2D eigenvalue weighted by atomic mass is 10.0. The minimum atomic E-state index is -4.19. The number of hydrogen-bond acceptors (Lipinski definition) is 5. The van der Waals surface area contributed by atoms with Crippen molar-refractivity contribution in [2.24, 2.45) is 5.92 Å². The average Bonchev–Trinajstić information content (AvgIpc) is 2.74. The van der Waals surface area contributed by atoms with E-state index in [0.717, 1.165) is 17.9 Å². The molecule has 200 valence electrons. The molecule has 0 rings (SSSR count). The molecule has 7 heteroatoms. The fourth-order valence-electron chi connectivity index (χ4n) is 3.59. The van der Waals surface area contributed by atoms with E-state index in [2.05, 4.69) is 13.8 Å². The number of phosphoric ester groups is 1. The van der Waals surface area contributed by atoms with E-state index in [1.807, 2.05) is 32.9 Å². The summed E-state index contributed by atoms with van der Waals surface area (Å²) in [7, 11) is 1.82. The summed E-state index contributed by atoms with van der Waals surface area (Å²) in [4.78, 5) is 11.9. The Balaban J connectivity index is 3.53. The molecule has 0 fully saturated rings. The van der Waals surface area contributed by atoms with Crippen LogP contribution >= 0.6 is 19.6 Å². The van der Waals surface area contributed by atoms with Gasteiger partial charge in [0, 0.05) is 0 Å². The second-order valence-corrected chi connectivity index (χ2v) is 13.1. The maximum absolute atomic E-state index is 11.9. The van der Waals surface area contributed by atoms with Crippen molar-refractivity contribution in [2.45, 2.75) is 110 Å². The molecule has 0 saturated carbocycles. The van der Waals surface area contributed by atoms with Crippen LogP contribution in [0.25, 0.3) is 0 Å². The molecule has 0 aliphatic heterocycles. The van der Waals surface area contributed by atoms with Gasteiger partial charge in [0.15, 0.2) is 0 Å². The van der Waals surface area contributed by atoms with E-state index in [1.54, 1.807) is 0 Å². The third kappa shape index (κ3) is 25.3. The third-order valence-electron chi connectivity index (χ3n) is 6.05. The van der Waals surface area contributed by atoms with Crippen LogP contribution in [0.4, 0.5) is 0 Å². The van der Waals surface area contributed by atoms with Crippen LogP contribution in [0.1, 0.15) is 110 Å². The second kappa shape index (κ2) is 21.7.